The van der Waals surface area contributed by atoms with Crippen LogP contribution in [0.1, 0.15) is 23.0 Å². The van der Waals surface area contributed by atoms with Crippen LogP contribution in [-0.2, 0) is 4.79 Å². The topological polar surface area (TPSA) is 83.2 Å². The molecule has 1 heterocycles. The Morgan fingerprint density at radius 3 is 2.73 bits per heavy atom. The summed E-state index contributed by atoms with van der Waals surface area (Å²) in [6.07, 6.45) is 4.58. The number of aromatic amines is 1. The van der Waals surface area contributed by atoms with Gasteiger partial charge in [0.2, 0.25) is 0 Å². The fourth-order valence-electron chi connectivity index (χ4n) is 1.77. The van der Waals surface area contributed by atoms with E-state index in [1.807, 2.05) is 31.2 Å². The minimum atomic E-state index is -0.439. The number of para-hydroxylation sites is 1. The van der Waals surface area contributed by atoms with Gasteiger partial charge < -0.3 is 9.72 Å². The highest BCUT2D eigenvalue weighted by molar-refractivity contribution is 5.97. The standard InChI is InChI=1S/C16H17N3O3/c1-2-22-14-8-4-3-6-12(14)9-10-15(20)18-19-16(21)13-7-5-11-17-13/h3-11,17H,2H2,1H3,(H,18,20)(H,19,21)/b10-9+. The zero-order valence-electron chi connectivity index (χ0n) is 12.1. The molecule has 0 aliphatic carbocycles. The second-order valence-electron chi connectivity index (χ2n) is 4.33. The third-order valence-corrected chi connectivity index (χ3v) is 2.77. The predicted molar refractivity (Wildman–Crippen MR) is 83.0 cm³/mol. The highest BCUT2D eigenvalue weighted by atomic mass is 16.5. The molecule has 0 saturated heterocycles. The Hall–Kier alpha value is -3.02. The van der Waals surface area contributed by atoms with Crippen molar-refractivity contribution in [1.29, 1.82) is 0 Å². The van der Waals surface area contributed by atoms with Gasteiger partial charge in [0.05, 0.1) is 6.61 Å². The Kier molecular flexibility index (Phi) is 5.37. The van der Waals surface area contributed by atoms with Crippen LogP contribution < -0.4 is 15.6 Å². The van der Waals surface area contributed by atoms with E-state index in [4.69, 9.17) is 4.74 Å². The Balaban J connectivity index is 1.90. The Labute approximate surface area is 128 Å². The normalized spacial score (nSPS) is 10.4. The monoisotopic (exact) mass is 299 g/mol. The van der Waals surface area contributed by atoms with Crippen molar-refractivity contribution in [3.63, 3.8) is 0 Å². The largest absolute Gasteiger partial charge is 0.493 e. The number of aromatic nitrogens is 1. The maximum Gasteiger partial charge on any atom is 0.286 e. The molecule has 0 bridgehead atoms. The first kappa shape index (κ1) is 15.4. The van der Waals surface area contributed by atoms with Gasteiger partial charge in [-0.2, -0.15) is 0 Å². The lowest BCUT2D eigenvalue weighted by atomic mass is 10.2. The summed E-state index contributed by atoms with van der Waals surface area (Å²) >= 11 is 0. The average Bonchev–Trinajstić information content (AvgIpc) is 3.06. The molecule has 0 aliphatic rings. The van der Waals surface area contributed by atoms with Crippen molar-refractivity contribution >= 4 is 17.9 Å². The van der Waals surface area contributed by atoms with Crippen LogP contribution >= 0.6 is 0 Å². The van der Waals surface area contributed by atoms with Crippen molar-refractivity contribution in [3.8, 4) is 5.75 Å². The zero-order chi connectivity index (χ0) is 15.8. The molecule has 1 aromatic heterocycles. The lowest BCUT2D eigenvalue weighted by Crippen LogP contribution is -2.40. The number of hydrogen-bond donors (Lipinski definition) is 3. The van der Waals surface area contributed by atoms with Crippen molar-refractivity contribution in [2.75, 3.05) is 6.61 Å². The molecule has 22 heavy (non-hydrogen) atoms. The van der Waals surface area contributed by atoms with E-state index in [-0.39, 0.29) is 0 Å². The van der Waals surface area contributed by atoms with Crippen LogP contribution in [0.3, 0.4) is 0 Å². The number of H-pyrrole nitrogens is 1. The second-order valence-corrected chi connectivity index (χ2v) is 4.33. The predicted octanol–water partition coefficient (Wildman–Crippen LogP) is 1.89. The van der Waals surface area contributed by atoms with E-state index in [1.54, 1.807) is 24.4 Å². The molecular weight excluding hydrogens is 282 g/mol. The molecule has 3 N–H and O–H groups in total. The van der Waals surface area contributed by atoms with Gasteiger partial charge in [0.1, 0.15) is 11.4 Å². The molecule has 0 spiro atoms. The van der Waals surface area contributed by atoms with Gasteiger partial charge in [0.25, 0.3) is 11.8 Å². The van der Waals surface area contributed by atoms with Gasteiger partial charge >= 0.3 is 0 Å². The third-order valence-electron chi connectivity index (χ3n) is 2.77. The first-order chi connectivity index (χ1) is 10.7. The molecule has 0 fully saturated rings. The summed E-state index contributed by atoms with van der Waals surface area (Å²) in [6, 6.07) is 10.7. The van der Waals surface area contributed by atoms with E-state index in [0.29, 0.717) is 18.1 Å². The van der Waals surface area contributed by atoms with Crippen molar-refractivity contribution in [3.05, 3.63) is 59.9 Å². The van der Waals surface area contributed by atoms with E-state index in [1.165, 1.54) is 6.08 Å². The van der Waals surface area contributed by atoms with E-state index in [0.717, 1.165) is 5.56 Å². The summed E-state index contributed by atoms with van der Waals surface area (Å²) in [5.74, 6) is -0.155. The van der Waals surface area contributed by atoms with Gasteiger partial charge in [-0.05, 0) is 31.2 Å². The summed E-state index contributed by atoms with van der Waals surface area (Å²) in [5.41, 5.74) is 5.77. The van der Waals surface area contributed by atoms with Crippen molar-refractivity contribution in [2.45, 2.75) is 6.92 Å². The smallest absolute Gasteiger partial charge is 0.286 e. The van der Waals surface area contributed by atoms with Crippen LogP contribution in [0.15, 0.2) is 48.7 Å². The van der Waals surface area contributed by atoms with Gasteiger partial charge in [-0.3, -0.25) is 20.4 Å². The minimum Gasteiger partial charge on any atom is -0.493 e. The quantitative estimate of drug-likeness (QED) is 0.582. The fraction of sp³-hybridized carbons (Fsp3) is 0.125. The van der Waals surface area contributed by atoms with E-state index < -0.39 is 11.8 Å². The van der Waals surface area contributed by atoms with Gasteiger partial charge in [-0.1, -0.05) is 18.2 Å². The minimum absolute atomic E-state index is 0.367. The molecule has 0 radical (unpaired) electrons. The maximum atomic E-state index is 11.7. The first-order valence-corrected chi connectivity index (χ1v) is 6.84. The van der Waals surface area contributed by atoms with Gasteiger partial charge in [0.15, 0.2) is 0 Å². The number of amides is 2. The summed E-state index contributed by atoms with van der Waals surface area (Å²) in [6.45, 7) is 2.44. The number of rotatable bonds is 5. The molecule has 2 rings (SSSR count). The average molecular weight is 299 g/mol. The van der Waals surface area contributed by atoms with E-state index >= 15 is 0 Å². The zero-order valence-corrected chi connectivity index (χ0v) is 12.1. The van der Waals surface area contributed by atoms with Gasteiger partial charge in [-0.15, -0.1) is 0 Å². The fourth-order valence-corrected chi connectivity index (χ4v) is 1.77. The first-order valence-electron chi connectivity index (χ1n) is 6.84. The van der Waals surface area contributed by atoms with Gasteiger partial charge in [-0.25, -0.2) is 0 Å². The summed E-state index contributed by atoms with van der Waals surface area (Å²) in [5, 5.41) is 0. The maximum absolute atomic E-state index is 11.7. The molecule has 0 saturated carbocycles. The molecule has 0 atom stereocenters. The second kappa shape index (κ2) is 7.68. The molecule has 114 valence electrons. The Bertz CT molecular complexity index is 663. The van der Waals surface area contributed by atoms with Crippen molar-refractivity contribution in [1.82, 2.24) is 15.8 Å². The molecule has 0 aliphatic heterocycles. The number of nitrogens with one attached hydrogen (secondary N) is 3. The van der Waals surface area contributed by atoms with Crippen molar-refractivity contribution < 1.29 is 14.3 Å². The third kappa shape index (κ3) is 4.24. The molecule has 2 aromatic rings. The number of benzene rings is 1. The summed E-state index contributed by atoms with van der Waals surface area (Å²) in [4.78, 5) is 26.1. The SMILES string of the molecule is CCOc1ccccc1/C=C/C(=O)NNC(=O)c1ccc[nH]1. The van der Waals surface area contributed by atoms with Crippen LogP contribution in [0.25, 0.3) is 6.08 Å². The lowest BCUT2D eigenvalue weighted by molar-refractivity contribution is -0.117. The lowest BCUT2D eigenvalue weighted by Gasteiger charge is -2.06. The van der Waals surface area contributed by atoms with Crippen LogP contribution in [0.5, 0.6) is 5.75 Å². The summed E-state index contributed by atoms with van der Waals surface area (Å²) < 4.78 is 5.46. The van der Waals surface area contributed by atoms with Crippen LogP contribution in [0.4, 0.5) is 0 Å². The van der Waals surface area contributed by atoms with Crippen molar-refractivity contribution in [2.24, 2.45) is 0 Å². The number of carbonyl (C=O) groups excluding carboxylic acids is 2. The van der Waals surface area contributed by atoms with Crippen LogP contribution in [0, 0.1) is 0 Å². The number of ether oxygens (including phenoxy) is 1. The number of hydrogen-bond acceptors (Lipinski definition) is 3. The highest BCUT2D eigenvalue weighted by Gasteiger charge is 2.06. The van der Waals surface area contributed by atoms with Crippen LogP contribution in [-0.4, -0.2) is 23.4 Å². The van der Waals surface area contributed by atoms with E-state index in [9.17, 15) is 9.59 Å². The van der Waals surface area contributed by atoms with Crippen LogP contribution in [0.2, 0.25) is 0 Å². The Morgan fingerprint density at radius 1 is 1.18 bits per heavy atom. The Morgan fingerprint density at radius 2 is 2.00 bits per heavy atom. The molecule has 6 nitrogen and oxygen atoms in total. The molecule has 2 amide bonds. The molecule has 1 aromatic carbocycles. The number of carbonyl (C=O) groups is 2. The molecular formula is C16H17N3O3. The molecule has 6 heteroatoms. The molecule has 0 unspecified atom stereocenters. The highest BCUT2D eigenvalue weighted by Crippen LogP contribution is 2.19. The van der Waals surface area contributed by atoms with Gasteiger partial charge in [0, 0.05) is 17.8 Å². The number of hydrazine groups is 1. The summed E-state index contributed by atoms with van der Waals surface area (Å²) in [7, 11) is 0. The van der Waals surface area contributed by atoms with E-state index in [2.05, 4.69) is 15.8 Å².